The van der Waals surface area contributed by atoms with E-state index in [0.717, 1.165) is 101 Å². The number of benzene rings is 8. The van der Waals surface area contributed by atoms with E-state index in [-0.39, 0.29) is 0 Å². The number of para-hydroxylation sites is 3. The number of pyridine rings is 1. The maximum Gasteiger partial charge on any atom is 0.160 e. The van der Waals surface area contributed by atoms with Crippen molar-refractivity contribution in [3.05, 3.63) is 188 Å². The third-order valence-electron chi connectivity index (χ3n) is 11.2. The number of aromatic nitrogens is 5. The molecule has 0 atom stereocenters. The van der Waals surface area contributed by atoms with Gasteiger partial charge in [-0.1, -0.05) is 159 Å². The van der Waals surface area contributed by atoms with E-state index in [0.29, 0.717) is 5.82 Å². The first kappa shape index (κ1) is 32.9. The first-order valence-corrected chi connectivity index (χ1v) is 19.5. The second-order valence-corrected chi connectivity index (χ2v) is 14.5. The van der Waals surface area contributed by atoms with E-state index in [2.05, 4.69) is 187 Å². The highest BCUT2D eigenvalue weighted by atomic mass is 15.1. The Labute approximate surface area is 329 Å². The zero-order valence-corrected chi connectivity index (χ0v) is 31.3. The minimum atomic E-state index is 0.708. The van der Waals surface area contributed by atoms with Crippen molar-refractivity contribution in [2.45, 2.75) is 13.3 Å². The van der Waals surface area contributed by atoms with Crippen LogP contribution in [0.15, 0.2) is 182 Å². The van der Waals surface area contributed by atoms with Crippen LogP contribution in [0.25, 0.3) is 105 Å². The second kappa shape index (κ2) is 13.4. The molecule has 0 bridgehead atoms. The summed E-state index contributed by atoms with van der Waals surface area (Å²) in [7, 11) is 0. The van der Waals surface area contributed by atoms with Crippen LogP contribution in [0.1, 0.15) is 12.7 Å². The highest BCUT2D eigenvalue weighted by Crippen LogP contribution is 2.39. The van der Waals surface area contributed by atoms with Gasteiger partial charge in [-0.05, 0) is 57.6 Å². The van der Waals surface area contributed by atoms with Gasteiger partial charge in [-0.3, -0.25) is 4.57 Å². The third-order valence-corrected chi connectivity index (χ3v) is 11.2. The predicted octanol–water partition coefficient (Wildman–Crippen LogP) is 13.1. The van der Waals surface area contributed by atoms with Crippen LogP contribution in [0, 0.1) is 0 Å². The predicted molar refractivity (Wildman–Crippen MR) is 236 cm³/mol. The lowest BCUT2D eigenvalue weighted by molar-refractivity contribution is 0.908. The average molecular weight is 730 g/mol. The first-order chi connectivity index (χ1) is 28.2. The summed E-state index contributed by atoms with van der Waals surface area (Å²) in [5.41, 5.74) is 12.3. The number of fused-ring (bicyclic) bond motifs is 7. The molecule has 3 heterocycles. The molecule has 0 saturated carbocycles. The van der Waals surface area contributed by atoms with Crippen molar-refractivity contribution in [3.8, 4) is 50.7 Å². The lowest BCUT2D eigenvalue weighted by Crippen LogP contribution is -1.99. The topological polar surface area (TPSA) is 56.5 Å². The van der Waals surface area contributed by atoms with Gasteiger partial charge < -0.3 is 0 Å². The molecule has 268 valence electrons. The molecule has 0 unspecified atom stereocenters. The van der Waals surface area contributed by atoms with Gasteiger partial charge in [-0.25, -0.2) is 19.9 Å². The quantitative estimate of drug-likeness (QED) is 0.160. The van der Waals surface area contributed by atoms with E-state index in [9.17, 15) is 0 Å². The first-order valence-electron chi connectivity index (χ1n) is 19.5. The summed E-state index contributed by atoms with van der Waals surface area (Å²) in [6, 6.07) is 63.9. The summed E-state index contributed by atoms with van der Waals surface area (Å²) in [6.07, 6.45) is 0.813. The van der Waals surface area contributed by atoms with E-state index in [1.807, 2.05) is 6.07 Å². The molecule has 5 nitrogen and oxygen atoms in total. The van der Waals surface area contributed by atoms with Crippen molar-refractivity contribution in [1.82, 2.24) is 24.5 Å². The minimum Gasteiger partial charge on any atom is -0.296 e. The van der Waals surface area contributed by atoms with Gasteiger partial charge in [0.05, 0.1) is 33.5 Å². The van der Waals surface area contributed by atoms with Crippen LogP contribution in [-0.2, 0) is 6.42 Å². The SMILES string of the molecule is CCc1nc2c3c(-c4ccc(-c5ccc(-c6nc(-c7cccc8ccccc78)c7ccccc7n6)cc5)cc4)nc4ccccc4c3ccc2n1-c1ccccc1. The third kappa shape index (κ3) is 5.47. The van der Waals surface area contributed by atoms with Crippen LogP contribution in [0.3, 0.4) is 0 Å². The molecule has 0 aliphatic heterocycles. The van der Waals surface area contributed by atoms with Gasteiger partial charge in [-0.15, -0.1) is 0 Å². The molecule has 57 heavy (non-hydrogen) atoms. The lowest BCUT2D eigenvalue weighted by Gasteiger charge is -2.13. The molecular weight excluding hydrogens is 695 g/mol. The standard InChI is InChI=1S/C52H35N5/c1-2-47-55-51-46(57(47)38-15-4-3-5-16-38)32-31-41-40-18-8-10-21-44(40)53-49(48(41)51)36-27-23-33(24-28-36)34-25-29-37(30-26-34)52-54-45-22-11-9-19-43(45)50(56-52)42-20-12-14-35-13-6-7-17-39(35)42/h3-32H,2H2,1H3. The number of nitrogens with zero attached hydrogens (tertiary/aromatic N) is 5. The van der Waals surface area contributed by atoms with E-state index < -0.39 is 0 Å². The molecule has 0 fully saturated rings. The molecule has 0 radical (unpaired) electrons. The fourth-order valence-corrected chi connectivity index (χ4v) is 8.42. The highest BCUT2D eigenvalue weighted by Gasteiger charge is 2.20. The molecular formula is C52H35N5. The Kier molecular flexibility index (Phi) is 7.71. The molecule has 3 aromatic heterocycles. The molecule has 0 aliphatic rings. The smallest absolute Gasteiger partial charge is 0.160 e. The Bertz CT molecular complexity index is 3310. The zero-order valence-electron chi connectivity index (χ0n) is 31.3. The van der Waals surface area contributed by atoms with Gasteiger partial charge >= 0.3 is 0 Å². The Morgan fingerprint density at radius 2 is 1.04 bits per heavy atom. The molecule has 11 aromatic rings. The van der Waals surface area contributed by atoms with Crippen LogP contribution in [0.5, 0.6) is 0 Å². The van der Waals surface area contributed by atoms with E-state index in [1.54, 1.807) is 0 Å². The van der Waals surface area contributed by atoms with E-state index in [1.165, 1.54) is 10.8 Å². The summed E-state index contributed by atoms with van der Waals surface area (Å²) < 4.78 is 2.29. The van der Waals surface area contributed by atoms with Crippen LogP contribution < -0.4 is 0 Å². The number of hydrogen-bond donors (Lipinski definition) is 0. The zero-order chi connectivity index (χ0) is 37.9. The van der Waals surface area contributed by atoms with Crippen molar-refractivity contribution >= 4 is 54.4 Å². The Morgan fingerprint density at radius 1 is 0.421 bits per heavy atom. The largest absolute Gasteiger partial charge is 0.296 e. The number of rotatable bonds is 6. The maximum absolute atomic E-state index is 5.31. The maximum atomic E-state index is 5.31. The Balaban J connectivity index is 0.993. The molecule has 0 spiro atoms. The summed E-state index contributed by atoms with van der Waals surface area (Å²) in [4.78, 5) is 20.8. The average Bonchev–Trinajstić information content (AvgIpc) is 3.68. The number of aryl methyl sites for hydroxylation is 1. The molecule has 0 aliphatic carbocycles. The minimum absolute atomic E-state index is 0.708. The van der Waals surface area contributed by atoms with Crippen molar-refractivity contribution in [2.24, 2.45) is 0 Å². The van der Waals surface area contributed by atoms with Gasteiger partial charge in [0, 0.05) is 45.0 Å². The highest BCUT2D eigenvalue weighted by molar-refractivity contribution is 6.20. The number of hydrogen-bond acceptors (Lipinski definition) is 4. The van der Waals surface area contributed by atoms with Gasteiger partial charge in [0.15, 0.2) is 5.82 Å². The van der Waals surface area contributed by atoms with Crippen molar-refractivity contribution < 1.29 is 0 Å². The van der Waals surface area contributed by atoms with Gasteiger partial charge in [0.25, 0.3) is 0 Å². The Morgan fingerprint density at radius 3 is 1.79 bits per heavy atom. The van der Waals surface area contributed by atoms with Crippen LogP contribution in [0.2, 0.25) is 0 Å². The van der Waals surface area contributed by atoms with Gasteiger partial charge in [-0.2, -0.15) is 0 Å². The van der Waals surface area contributed by atoms with Crippen molar-refractivity contribution in [2.75, 3.05) is 0 Å². The normalized spacial score (nSPS) is 11.7. The van der Waals surface area contributed by atoms with E-state index >= 15 is 0 Å². The summed E-state index contributed by atoms with van der Waals surface area (Å²) >= 11 is 0. The summed E-state index contributed by atoms with van der Waals surface area (Å²) in [5, 5.41) is 6.77. The van der Waals surface area contributed by atoms with Crippen LogP contribution >= 0.6 is 0 Å². The fourth-order valence-electron chi connectivity index (χ4n) is 8.42. The second-order valence-electron chi connectivity index (χ2n) is 14.5. The molecule has 0 amide bonds. The van der Waals surface area contributed by atoms with Crippen LogP contribution in [0.4, 0.5) is 0 Å². The molecule has 11 rings (SSSR count). The van der Waals surface area contributed by atoms with Crippen molar-refractivity contribution in [1.29, 1.82) is 0 Å². The summed E-state index contributed by atoms with van der Waals surface area (Å²) in [5.74, 6) is 1.74. The molecule has 5 heteroatoms. The van der Waals surface area contributed by atoms with Gasteiger partial charge in [0.2, 0.25) is 0 Å². The monoisotopic (exact) mass is 729 g/mol. The summed E-state index contributed by atoms with van der Waals surface area (Å²) in [6.45, 7) is 2.17. The Hall–Kier alpha value is -7.50. The van der Waals surface area contributed by atoms with Gasteiger partial charge in [0.1, 0.15) is 5.82 Å². The molecule has 0 N–H and O–H groups in total. The molecule has 8 aromatic carbocycles. The van der Waals surface area contributed by atoms with Crippen LogP contribution in [-0.4, -0.2) is 24.5 Å². The molecule has 0 saturated heterocycles. The number of imidazole rings is 1. The van der Waals surface area contributed by atoms with E-state index in [4.69, 9.17) is 19.9 Å². The fraction of sp³-hybridized carbons (Fsp3) is 0.0385. The van der Waals surface area contributed by atoms with Crippen molar-refractivity contribution in [3.63, 3.8) is 0 Å². The lowest BCUT2D eigenvalue weighted by atomic mass is 9.96.